The standard InChI is InChI=1S/C19H18N4O2S/c1-2-13-20-17(26)22-23-16(24)19(21-18(23)25,14-9-5-3-6-10-14)15-11-7-4-8-12-15/h2-12H,1,13H2,(H,21,25)(H2,20,22,26). The van der Waals surface area contributed by atoms with Crippen molar-refractivity contribution in [3.05, 3.63) is 84.4 Å². The van der Waals surface area contributed by atoms with E-state index < -0.39 is 17.5 Å². The Hall–Kier alpha value is -3.19. The van der Waals surface area contributed by atoms with Gasteiger partial charge in [-0.2, -0.15) is 5.01 Å². The summed E-state index contributed by atoms with van der Waals surface area (Å²) in [5.41, 5.74) is 2.66. The molecule has 1 heterocycles. The molecule has 1 aliphatic rings. The van der Waals surface area contributed by atoms with Crippen LogP contribution in [0.1, 0.15) is 11.1 Å². The second-order valence-electron chi connectivity index (χ2n) is 5.66. The van der Waals surface area contributed by atoms with Gasteiger partial charge in [-0.3, -0.25) is 10.2 Å². The molecule has 3 amide bonds. The van der Waals surface area contributed by atoms with E-state index in [9.17, 15) is 9.59 Å². The van der Waals surface area contributed by atoms with E-state index in [1.807, 2.05) is 60.7 Å². The highest BCUT2D eigenvalue weighted by molar-refractivity contribution is 7.80. The molecule has 0 radical (unpaired) electrons. The van der Waals surface area contributed by atoms with Crippen LogP contribution in [-0.2, 0) is 10.3 Å². The summed E-state index contributed by atoms with van der Waals surface area (Å²) in [4.78, 5) is 25.9. The van der Waals surface area contributed by atoms with Crippen LogP contribution in [0, 0.1) is 0 Å². The molecule has 0 saturated carbocycles. The number of thiocarbonyl (C=S) groups is 1. The molecule has 132 valence electrons. The first-order valence-electron chi connectivity index (χ1n) is 8.02. The molecule has 0 aromatic heterocycles. The first-order valence-corrected chi connectivity index (χ1v) is 8.43. The third kappa shape index (κ3) is 3.04. The number of hydrogen-bond donors (Lipinski definition) is 3. The van der Waals surface area contributed by atoms with Crippen molar-refractivity contribution >= 4 is 29.3 Å². The second kappa shape index (κ2) is 7.37. The molecule has 7 heteroatoms. The van der Waals surface area contributed by atoms with Gasteiger partial charge < -0.3 is 10.6 Å². The fraction of sp³-hybridized carbons (Fsp3) is 0.105. The molecule has 1 saturated heterocycles. The maximum atomic E-state index is 13.3. The number of nitrogens with zero attached hydrogens (tertiary/aromatic N) is 1. The minimum atomic E-state index is -1.32. The van der Waals surface area contributed by atoms with Crippen LogP contribution in [0.3, 0.4) is 0 Å². The summed E-state index contributed by atoms with van der Waals surface area (Å²) >= 11 is 5.13. The van der Waals surface area contributed by atoms with Crippen molar-refractivity contribution in [2.45, 2.75) is 5.54 Å². The number of rotatable bonds is 5. The largest absolute Gasteiger partial charge is 0.358 e. The molecule has 0 spiro atoms. The van der Waals surface area contributed by atoms with E-state index in [4.69, 9.17) is 12.2 Å². The molecule has 26 heavy (non-hydrogen) atoms. The topological polar surface area (TPSA) is 73.5 Å². The number of nitrogens with one attached hydrogen (secondary N) is 3. The normalized spacial score (nSPS) is 15.3. The summed E-state index contributed by atoms with van der Waals surface area (Å²) in [7, 11) is 0. The predicted molar refractivity (Wildman–Crippen MR) is 103 cm³/mol. The third-order valence-electron chi connectivity index (χ3n) is 4.06. The maximum Gasteiger partial charge on any atom is 0.344 e. The lowest BCUT2D eigenvalue weighted by Gasteiger charge is -2.28. The molecule has 0 unspecified atom stereocenters. The van der Waals surface area contributed by atoms with Crippen LogP contribution in [-0.4, -0.2) is 28.6 Å². The van der Waals surface area contributed by atoms with Crippen molar-refractivity contribution in [3.8, 4) is 0 Å². The first-order chi connectivity index (χ1) is 12.6. The van der Waals surface area contributed by atoms with Gasteiger partial charge in [0.25, 0.3) is 5.91 Å². The number of carbonyl (C=O) groups excluding carboxylic acids is 2. The number of benzene rings is 2. The summed E-state index contributed by atoms with van der Waals surface area (Å²) in [5, 5.41) is 6.72. The van der Waals surface area contributed by atoms with Gasteiger partial charge in [0.05, 0.1) is 0 Å². The number of hydrazine groups is 1. The van der Waals surface area contributed by atoms with E-state index in [2.05, 4.69) is 22.6 Å². The van der Waals surface area contributed by atoms with E-state index in [-0.39, 0.29) is 5.11 Å². The molecule has 0 atom stereocenters. The van der Waals surface area contributed by atoms with Gasteiger partial charge in [0.1, 0.15) is 0 Å². The molecule has 3 rings (SSSR count). The summed E-state index contributed by atoms with van der Waals surface area (Å²) in [5.74, 6) is -0.456. The Morgan fingerprint density at radius 2 is 1.62 bits per heavy atom. The Bertz CT molecular complexity index is 800. The molecule has 2 aromatic rings. The van der Waals surface area contributed by atoms with Crippen LogP contribution < -0.4 is 16.1 Å². The summed E-state index contributed by atoms with van der Waals surface area (Å²) < 4.78 is 0. The molecule has 3 N–H and O–H groups in total. The summed E-state index contributed by atoms with van der Waals surface area (Å²) in [6.45, 7) is 4.00. The van der Waals surface area contributed by atoms with Crippen molar-refractivity contribution < 1.29 is 9.59 Å². The van der Waals surface area contributed by atoms with Crippen LogP contribution in [0.15, 0.2) is 73.3 Å². The second-order valence-corrected chi connectivity index (χ2v) is 6.07. The van der Waals surface area contributed by atoms with Crippen molar-refractivity contribution in [2.24, 2.45) is 0 Å². The van der Waals surface area contributed by atoms with Gasteiger partial charge in [0.2, 0.25) is 0 Å². The van der Waals surface area contributed by atoms with Gasteiger partial charge >= 0.3 is 6.03 Å². The number of amides is 3. The zero-order chi connectivity index (χ0) is 18.6. The van der Waals surface area contributed by atoms with Crippen LogP contribution in [0.4, 0.5) is 4.79 Å². The SMILES string of the molecule is C=CCNC(=S)NN1C(=O)NC(c2ccccc2)(c2ccccc2)C1=O. The van der Waals surface area contributed by atoms with Crippen LogP contribution >= 0.6 is 12.2 Å². The predicted octanol–water partition coefficient (Wildman–Crippen LogP) is 2.05. The molecule has 1 aliphatic heterocycles. The minimum Gasteiger partial charge on any atom is -0.358 e. The first kappa shape index (κ1) is 17.6. The van der Waals surface area contributed by atoms with Gasteiger partial charge in [-0.1, -0.05) is 66.7 Å². The number of urea groups is 1. The fourth-order valence-corrected chi connectivity index (χ4v) is 3.05. The zero-order valence-electron chi connectivity index (χ0n) is 13.9. The number of carbonyl (C=O) groups is 2. The monoisotopic (exact) mass is 366 g/mol. The molecule has 0 aliphatic carbocycles. The van der Waals surface area contributed by atoms with E-state index in [1.165, 1.54) is 0 Å². The van der Waals surface area contributed by atoms with Gasteiger partial charge in [-0.15, -0.1) is 6.58 Å². The lowest BCUT2D eigenvalue weighted by Crippen LogP contribution is -2.51. The Morgan fingerprint density at radius 3 is 2.12 bits per heavy atom. The van der Waals surface area contributed by atoms with Gasteiger partial charge in [-0.25, -0.2) is 4.79 Å². The summed E-state index contributed by atoms with van der Waals surface area (Å²) in [6, 6.07) is 17.7. The average molecular weight is 366 g/mol. The van der Waals surface area contributed by atoms with Crippen LogP contribution in [0.5, 0.6) is 0 Å². The quantitative estimate of drug-likeness (QED) is 0.429. The lowest BCUT2D eigenvalue weighted by atomic mass is 9.83. The van der Waals surface area contributed by atoms with Crippen molar-refractivity contribution in [1.82, 2.24) is 21.1 Å². The zero-order valence-corrected chi connectivity index (χ0v) is 14.8. The van der Waals surface area contributed by atoms with E-state index in [1.54, 1.807) is 6.08 Å². The van der Waals surface area contributed by atoms with E-state index in [0.717, 1.165) is 5.01 Å². The molecule has 6 nitrogen and oxygen atoms in total. The van der Waals surface area contributed by atoms with Gasteiger partial charge in [-0.05, 0) is 23.3 Å². The molecular formula is C19H18N4O2S. The Labute approximate surface area is 156 Å². The Kier molecular flexibility index (Phi) is 4.99. The lowest BCUT2D eigenvalue weighted by molar-refractivity contribution is -0.131. The van der Waals surface area contributed by atoms with Gasteiger partial charge in [0.15, 0.2) is 10.7 Å². The van der Waals surface area contributed by atoms with Crippen molar-refractivity contribution in [2.75, 3.05) is 6.54 Å². The van der Waals surface area contributed by atoms with Crippen molar-refractivity contribution in [1.29, 1.82) is 0 Å². The van der Waals surface area contributed by atoms with Crippen LogP contribution in [0.25, 0.3) is 0 Å². The molecular weight excluding hydrogens is 348 g/mol. The average Bonchev–Trinajstić information content (AvgIpc) is 2.93. The van der Waals surface area contributed by atoms with Crippen molar-refractivity contribution in [3.63, 3.8) is 0 Å². The molecule has 2 aromatic carbocycles. The van der Waals surface area contributed by atoms with E-state index in [0.29, 0.717) is 17.7 Å². The van der Waals surface area contributed by atoms with E-state index >= 15 is 0 Å². The fourth-order valence-electron chi connectivity index (χ4n) is 2.87. The Balaban J connectivity index is 2.01. The van der Waals surface area contributed by atoms with Gasteiger partial charge in [0, 0.05) is 6.54 Å². The maximum absolute atomic E-state index is 13.3. The highest BCUT2D eigenvalue weighted by Gasteiger charge is 2.54. The number of hydrogen-bond acceptors (Lipinski definition) is 3. The minimum absolute atomic E-state index is 0.158. The smallest absolute Gasteiger partial charge is 0.344 e. The third-order valence-corrected chi connectivity index (χ3v) is 4.29. The highest BCUT2D eigenvalue weighted by atomic mass is 32.1. The number of imide groups is 1. The molecule has 1 fully saturated rings. The highest BCUT2D eigenvalue weighted by Crippen LogP contribution is 2.35. The summed E-state index contributed by atoms with van der Waals surface area (Å²) in [6.07, 6.45) is 1.62. The molecule has 0 bridgehead atoms. The van der Waals surface area contributed by atoms with Crippen LogP contribution in [0.2, 0.25) is 0 Å². The Morgan fingerprint density at radius 1 is 1.08 bits per heavy atom.